The second-order valence-corrected chi connectivity index (χ2v) is 7.77. The van der Waals surface area contributed by atoms with Crippen LogP contribution >= 0.6 is 0 Å². The van der Waals surface area contributed by atoms with E-state index in [1.54, 1.807) is 48.7 Å². The number of pyridine rings is 1. The largest absolute Gasteiger partial charge is 0.394 e. The number of sulfonamides is 1. The van der Waals surface area contributed by atoms with Crippen molar-refractivity contribution in [3.8, 4) is 0 Å². The minimum Gasteiger partial charge on any atom is -0.394 e. The number of aliphatic hydroxyl groups is 1. The van der Waals surface area contributed by atoms with Crippen molar-refractivity contribution in [3.63, 3.8) is 0 Å². The normalized spacial score (nSPS) is 12.9. The van der Waals surface area contributed by atoms with Gasteiger partial charge in [0.2, 0.25) is 0 Å². The summed E-state index contributed by atoms with van der Waals surface area (Å²) in [5.41, 5.74) is 0.466. The van der Waals surface area contributed by atoms with Crippen LogP contribution in [0.25, 0.3) is 0 Å². The van der Waals surface area contributed by atoms with Crippen molar-refractivity contribution in [2.45, 2.75) is 24.8 Å². The molecular weight excluding hydrogens is 326 g/mol. The standard InChI is InChI=1S/C17H23N3O3S/c1-13(2)15(12-21)19-14-8-4-5-9-16(14)24(22,23)20(3)17-10-6-7-11-18-17/h4-11,13,15,19,21H,12H2,1-3H3/t15-/m0/s1. The number of hydrogen-bond acceptors (Lipinski definition) is 5. The molecule has 0 aliphatic carbocycles. The van der Waals surface area contributed by atoms with Gasteiger partial charge < -0.3 is 10.4 Å². The van der Waals surface area contributed by atoms with Crippen molar-refractivity contribution in [3.05, 3.63) is 48.7 Å². The molecule has 2 N–H and O–H groups in total. The number of nitrogens with one attached hydrogen (secondary N) is 1. The maximum atomic E-state index is 13.0. The zero-order valence-electron chi connectivity index (χ0n) is 14.0. The van der Waals surface area contributed by atoms with Crippen molar-refractivity contribution in [2.75, 3.05) is 23.3 Å². The van der Waals surface area contributed by atoms with Crippen LogP contribution in [0.2, 0.25) is 0 Å². The average Bonchev–Trinajstić information content (AvgIpc) is 2.59. The Morgan fingerprint density at radius 2 is 1.83 bits per heavy atom. The molecule has 24 heavy (non-hydrogen) atoms. The first-order valence-corrected chi connectivity index (χ1v) is 9.18. The van der Waals surface area contributed by atoms with Crippen LogP contribution in [0.4, 0.5) is 11.5 Å². The van der Waals surface area contributed by atoms with E-state index < -0.39 is 10.0 Å². The van der Waals surface area contributed by atoms with Gasteiger partial charge in [-0.25, -0.2) is 13.4 Å². The minimum atomic E-state index is -3.78. The van der Waals surface area contributed by atoms with Gasteiger partial charge in [0.1, 0.15) is 10.7 Å². The second kappa shape index (κ2) is 7.63. The van der Waals surface area contributed by atoms with E-state index in [0.29, 0.717) is 11.5 Å². The molecule has 2 rings (SSSR count). The first-order chi connectivity index (χ1) is 11.4. The molecule has 1 aromatic heterocycles. The van der Waals surface area contributed by atoms with Crippen LogP contribution in [-0.4, -0.2) is 38.2 Å². The van der Waals surface area contributed by atoms with Crippen LogP contribution in [0.5, 0.6) is 0 Å². The third kappa shape index (κ3) is 3.85. The lowest BCUT2D eigenvalue weighted by Gasteiger charge is -2.25. The number of nitrogens with zero attached hydrogens (tertiary/aromatic N) is 2. The Kier molecular flexibility index (Phi) is 5.80. The first kappa shape index (κ1) is 18.2. The summed E-state index contributed by atoms with van der Waals surface area (Å²) in [4.78, 5) is 4.24. The monoisotopic (exact) mass is 349 g/mol. The molecular formula is C17H23N3O3S. The highest BCUT2D eigenvalue weighted by Gasteiger charge is 2.26. The van der Waals surface area contributed by atoms with E-state index in [0.717, 1.165) is 4.31 Å². The summed E-state index contributed by atoms with van der Waals surface area (Å²) in [5.74, 6) is 0.495. The molecule has 1 aromatic carbocycles. The van der Waals surface area contributed by atoms with Gasteiger partial charge in [0, 0.05) is 13.2 Å². The van der Waals surface area contributed by atoms with E-state index in [1.807, 2.05) is 13.8 Å². The van der Waals surface area contributed by atoms with E-state index in [1.165, 1.54) is 7.05 Å². The van der Waals surface area contributed by atoms with Gasteiger partial charge in [-0.2, -0.15) is 0 Å². The number of para-hydroxylation sites is 1. The topological polar surface area (TPSA) is 82.5 Å². The Morgan fingerprint density at radius 1 is 1.17 bits per heavy atom. The summed E-state index contributed by atoms with van der Waals surface area (Å²) in [7, 11) is -2.30. The molecule has 0 spiro atoms. The highest BCUT2D eigenvalue weighted by Crippen LogP contribution is 2.27. The molecule has 0 aliphatic rings. The number of aliphatic hydroxyl groups excluding tert-OH is 1. The number of aromatic nitrogens is 1. The molecule has 2 aromatic rings. The van der Waals surface area contributed by atoms with E-state index in [2.05, 4.69) is 10.3 Å². The molecule has 0 saturated carbocycles. The molecule has 0 aliphatic heterocycles. The molecule has 0 saturated heterocycles. The van der Waals surface area contributed by atoms with Crippen LogP contribution < -0.4 is 9.62 Å². The average molecular weight is 349 g/mol. The SMILES string of the molecule is CC(C)[C@H](CO)Nc1ccccc1S(=O)(=O)N(C)c1ccccn1. The summed E-state index contributed by atoms with van der Waals surface area (Å²) in [6, 6.07) is 11.5. The minimum absolute atomic E-state index is 0.0812. The molecule has 0 radical (unpaired) electrons. The molecule has 0 bridgehead atoms. The number of rotatable bonds is 7. The van der Waals surface area contributed by atoms with Crippen molar-refractivity contribution >= 4 is 21.5 Å². The zero-order chi connectivity index (χ0) is 17.7. The van der Waals surface area contributed by atoms with Gasteiger partial charge in [-0.3, -0.25) is 4.31 Å². The van der Waals surface area contributed by atoms with Gasteiger partial charge >= 0.3 is 0 Å². The third-order valence-electron chi connectivity index (χ3n) is 3.84. The fourth-order valence-corrected chi connectivity index (χ4v) is 3.55. The lowest BCUT2D eigenvalue weighted by atomic mass is 10.1. The summed E-state index contributed by atoms with van der Waals surface area (Å²) in [6.45, 7) is 3.85. The Bertz CT molecular complexity index is 764. The number of anilines is 2. The first-order valence-electron chi connectivity index (χ1n) is 7.74. The van der Waals surface area contributed by atoms with Gasteiger partial charge in [0.15, 0.2) is 0 Å². The smallest absolute Gasteiger partial charge is 0.267 e. The van der Waals surface area contributed by atoms with Gasteiger partial charge in [0.25, 0.3) is 10.0 Å². The molecule has 1 atom stereocenters. The molecule has 7 heteroatoms. The molecule has 1 heterocycles. The predicted octanol–water partition coefficient (Wildman–Crippen LogP) is 2.34. The second-order valence-electron chi connectivity index (χ2n) is 5.83. The lowest BCUT2D eigenvalue weighted by Crippen LogP contribution is -2.32. The Labute approximate surface area is 143 Å². The van der Waals surface area contributed by atoms with Gasteiger partial charge in [0.05, 0.1) is 18.3 Å². The summed E-state index contributed by atoms with van der Waals surface area (Å²) in [5, 5.41) is 12.6. The van der Waals surface area contributed by atoms with Gasteiger partial charge in [-0.1, -0.05) is 32.0 Å². The zero-order valence-corrected chi connectivity index (χ0v) is 14.9. The fraction of sp³-hybridized carbons (Fsp3) is 0.353. The third-order valence-corrected chi connectivity index (χ3v) is 5.66. The number of hydrogen-bond donors (Lipinski definition) is 2. The van der Waals surface area contributed by atoms with Crippen molar-refractivity contribution in [2.24, 2.45) is 5.92 Å². The molecule has 0 unspecified atom stereocenters. The van der Waals surface area contributed by atoms with E-state index in [4.69, 9.17) is 0 Å². The van der Waals surface area contributed by atoms with Crippen LogP contribution in [0, 0.1) is 5.92 Å². The Balaban J connectivity index is 2.41. The maximum Gasteiger partial charge on any atom is 0.267 e. The molecule has 0 amide bonds. The van der Waals surface area contributed by atoms with Crippen molar-refractivity contribution in [1.82, 2.24) is 4.98 Å². The lowest BCUT2D eigenvalue weighted by molar-refractivity contribution is 0.249. The van der Waals surface area contributed by atoms with Crippen LogP contribution in [0.1, 0.15) is 13.8 Å². The molecule has 0 fully saturated rings. The van der Waals surface area contributed by atoms with Crippen LogP contribution in [0.15, 0.2) is 53.6 Å². The van der Waals surface area contributed by atoms with Crippen LogP contribution in [-0.2, 0) is 10.0 Å². The van der Waals surface area contributed by atoms with Gasteiger partial charge in [-0.05, 0) is 30.2 Å². The van der Waals surface area contributed by atoms with Crippen LogP contribution in [0.3, 0.4) is 0 Å². The molecule has 130 valence electrons. The fourth-order valence-electron chi connectivity index (χ4n) is 2.24. The highest BCUT2D eigenvalue weighted by atomic mass is 32.2. The quantitative estimate of drug-likeness (QED) is 0.802. The summed E-state index contributed by atoms with van der Waals surface area (Å²) in [6.07, 6.45) is 1.55. The summed E-state index contributed by atoms with van der Waals surface area (Å²) >= 11 is 0. The highest BCUT2D eigenvalue weighted by molar-refractivity contribution is 7.93. The van der Waals surface area contributed by atoms with Crippen molar-refractivity contribution < 1.29 is 13.5 Å². The van der Waals surface area contributed by atoms with Crippen molar-refractivity contribution in [1.29, 1.82) is 0 Å². The predicted molar refractivity (Wildman–Crippen MR) is 95.6 cm³/mol. The van der Waals surface area contributed by atoms with E-state index in [9.17, 15) is 13.5 Å². The molecule has 6 nitrogen and oxygen atoms in total. The van der Waals surface area contributed by atoms with Gasteiger partial charge in [-0.15, -0.1) is 0 Å². The van der Waals surface area contributed by atoms with E-state index in [-0.39, 0.29) is 23.5 Å². The Morgan fingerprint density at radius 3 is 2.42 bits per heavy atom. The van der Waals surface area contributed by atoms with E-state index >= 15 is 0 Å². The number of benzene rings is 1. The summed E-state index contributed by atoms with van der Waals surface area (Å²) < 4.78 is 27.1. The maximum absolute atomic E-state index is 13.0. The Hall–Kier alpha value is -2.12.